The van der Waals surface area contributed by atoms with Crippen LogP contribution in [0.1, 0.15) is 45.2 Å². The maximum Gasteiger partial charge on any atom is 0.409 e. The summed E-state index contributed by atoms with van der Waals surface area (Å²) in [4.78, 5) is 11.6. The molecule has 0 bridgehead atoms. The maximum absolute atomic E-state index is 13.6. The van der Waals surface area contributed by atoms with Crippen LogP contribution in [-0.4, -0.2) is 29.2 Å². The fraction of sp³-hybridized carbons (Fsp3) is 0.562. The molecular weight excluding hydrogens is 309 g/mol. The molecule has 0 unspecified atom stereocenters. The van der Waals surface area contributed by atoms with Crippen LogP contribution in [0, 0.1) is 0 Å². The molecule has 7 heteroatoms. The van der Waals surface area contributed by atoms with E-state index in [1.807, 2.05) is 6.92 Å². The van der Waals surface area contributed by atoms with Gasteiger partial charge in [-0.3, -0.25) is 10.2 Å². The highest BCUT2D eigenvalue weighted by molar-refractivity contribution is 5.79. The van der Waals surface area contributed by atoms with E-state index in [2.05, 4.69) is 5.43 Å². The van der Waals surface area contributed by atoms with E-state index in [0.29, 0.717) is 12.4 Å². The maximum atomic E-state index is 13.6. The van der Waals surface area contributed by atoms with Gasteiger partial charge in [0.1, 0.15) is 5.75 Å². The fourth-order valence-electron chi connectivity index (χ4n) is 2.67. The minimum absolute atomic E-state index is 0.0251. The van der Waals surface area contributed by atoms with Gasteiger partial charge >= 0.3 is 6.18 Å². The Morgan fingerprint density at radius 3 is 2.35 bits per heavy atom. The van der Waals surface area contributed by atoms with E-state index in [0.717, 1.165) is 11.4 Å². The Morgan fingerprint density at radius 2 is 1.91 bits per heavy atom. The van der Waals surface area contributed by atoms with Crippen LogP contribution in [0.15, 0.2) is 24.3 Å². The van der Waals surface area contributed by atoms with Gasteiger partial charge in [0.05, 0.1) is 6.61 Å². The molecule has 1 atom stereocenters. The minimum atomic E-state index is -4.51. The zero-order valence-corrected chi connectivity index (χ0v) is 13.4. The number of benzene rings is 1. The predicted octanol–water partition coefficient (Wildman–Crippen LogP) is 3.59. The quantitative estimate of drug-likeness (QED) is 0.897. The lowest BCUT2D eigenvalue weighted by atomic mass is 9.97. The molecule has 4 nitrogen and oxygen atoms in total. The number of ether oxygens (including phenoxy) is 1. The number of alkyl halides is 3. The van der Waals surface area contributed by atoms with Crippen molar-refractivity contribution in [1.29, 1.82) is 0 Å². The van der Waals surface area contributed by atoms with Crippen LogP contribution in [0.3, 0.4) is 0 Å². The van der Waals surface area contributed by atoms with E-state index in [1.165, 1.54) is 24.3 Å². The molecule has 23 heavy (non-hydrogen) atoms. The standard InChI is InChI=1S/C16H21F3N2O2/c1-4-9-23-12-7-5-11(6-8-12)14(16(17,18)19)21-15(2,3)10-13(22)20-21/h5-8,14H,4,9-10H2,1-3H3,(H,20,22)/t14-/m0/s1. The van der Waals surface area contributed by atoms with Gasteiger partial charge in [0.25, 0.3) is 0 Å². The van der Waals surface area contributed by atoms with Gasteiger partial charge in [-0.1, -0.05) is 19.1 Å². The summed E-state index contributed by atoms with van der Waals surface area (Å²) in [6.07, 6.45) is -3.67. The molecule has 0 saturated carbocycles. The van der Waals surface area contributed by atoms with Crippen LogP contribution < -0.4 is 10.2 Å². The first-order chi connectivity index (χ1) is 10.6. The van der Waals surface area contributed by atoms with Crippen LogP contribution in [0.2, 0.25) is 0 Å². The van der Waals surface area contributed by atoms with Gasteiger partial charge in [-0.05, 0) is 38.0 Å². The Morgan fingerprint density at radius 1 is 1.30 bits per heavy atom. The van der Waals surface area contributed by atoms with Crippen molar-refractivity contribution < 1.29 is 22.7 Å². The summed E-state index contributed by atoms with van der Waals surface area (Å²) >= 11 is 0. The van der Waals surface area contributed by atoms with Crippen molar-refractivity contribution in [3.8, 4) is 5.75 Å². The van der Waals surface area contributed by atoms with Crippen LogP contribution >= 0.6 is 0 Å². The van der Waals surface area contributed by atoms with E-state index >= 15 is 0 Å². The van der Waals surface area contributed by atoms with Crippen LogP contribution in [0.5, 0.6) is 5.75 Å². The number of carbonyl (C=O) groups excluding carboxylic acids is 1. The number of nitrogens with zero attached hydrogens (tertiary/aromatic N) is 1. The van der Waals surface area contributed by atoms with E-state index in [9.17, 15) is 18.0 Å². The number of nitrogens with one attached hydrogen (secondary N) is 1. The Balaban J connectivity index is 2.31. The molecule has 1 N–H and O–H groups in total. The molecule has 0 aliphatic carbocycles. The van der Waals surface area contributed by atoms with Crippen LogP contribution in [0.4, 0.5) is 13.2 Å². The predicted molar refractivity (Wildman–Crippen MR) is 79.7 cm³/mol. The van der Waals surface area contributed by atoms with Gasteiger partial charge in [-0.2, -0.15) is 18.2 Å². The monoisotopic (exact) mass is 330 g/mol. The molecule has 1 aliphatic heterocycles. The second-order valence-electron chi connectivity index (χ2n) is 6.26. The molecule has 1 amide bonds. The van der Waals surface area contributed by atoms with Crippen molar-refractivity contribution in [2.45, 2.75) is 51.4 Å². The summed E-state index contributed by atoms with van der Waals surface area (Å²) in [5, 5.41) is 0.997. The second kappa shape index (κ2) is 6.39. The van der Waals surface area contributed by atoms with Gasteiger partial charge in [0.2, 0.25) is 5.91 Å². The number of hydrazine groups is 1. The zero-order valence-electron chi connectivity index (χ0n) is 13.4. The Labute approximate surface area is 133 Å². The lowest BCUT2D eigenvalue weighted by Gasteiger charge is -2.37. The number of hydrogen-bond donors (Lipinski definition) is 1. The average molecular weight is 330 g/mol. The number of rotatable bonds is 5. The summed E-state index contributed by atoms with van der Waals surface area (Å²) in [5.74, 6) is 0.119. The van der Waals surface area contributed by atoms with Crippen molar-refractivity contribution in [2.75, 3.05) is 6.61 Å². The first-order valence-corrected chi connectivity index (χ1v) is 7.53. The lowest BCUT2D eigenvalue weighted by Crippen LogP contribution is -2.51. The highest BCUT2D eigenvalue weighted by Gasteiger charge is 2.52. The first kappa shape index (κ1) is 17.6. The van der Waals surface area contributed by atoms with Crippen molar-refractivity contribution in [3.05, 3.63) is 29.8 Å². The average Bonchev–Trinajstić information content (AvgIpc) is 2.69. The van der Waals surface area contributed by atoms with Crippen LogP contribution in [-0.2, 0) is 4.79 Å². The molecule has 1 fully saturated rings. The number of hydrogen-bond acceptors (Lipinski definition) is 3. The number of amides is 1. The third-order valence-corrected chi connectivity index (χ3v) is 3.73. The molecule has 0 aromatic heterocycles. The summed E-state index contributed by atoms with van der Waals surface area (Å²) in [6, 6.07) is 3.93. The van der Waals surface area contributed by atoms with Gasteiger partial charge < -0.3 is 4.74 Å². The first-order valence-electron chi connectivity index (χ1n) is 7.53. The van der Waals surface area contributed by atoms with Crippen molar-refractivity contribution >= 4 is 5.91 Å². The molecule has 1 saturated heterocycles. The molecule has 1 aliphatic rings. The van der Waals surface area contributed by atoms with Crippen molar-refractivity contribution in [1.82, 2.24) is 10.4 Å². The third-order valence-electron chi connectivity index (χ3n) is 3.73. The smallest absolute Gasteiger partial charge is 0.409 e. The second-order valence-corrected chi connectivity index (χ2v) is 6.26. The minimum Gasteiger partial charge on any atom is -0.494 e. The largest absolute Gasteiger partial charge is 0.494 e. The summed E-state index contributed by atoms with van der Waals surface area (Å²) in [6.45, 7) is 5.69. The van der Waals surface area contributed by atoms with E-state index in [-0.39, 0.29) is 12.0 Å². The molecule has 128 valence electrons. The zero-order chi connectivity index (χ0) is 17.3. The van der Waals surface area contributed by atoms with Crippen molar-refractivity contribution in [3.63, 3.8) is 0 Å². The summed E-state index contributed by atoms with van der Waals surface area (Å²) in [7, 11) is 0. The lowest BCUT2D eigenvalue weighted by molar-refractivity contribution is -0.203. The Kier molecular flexibility index (Phi) is 4.89. The number of halogens is 3. The van der Waals surface area contributed by atoms with E-state index in [1.54, 1.807) is 13.8 Å². The molecule has 1 aromatic carbocycles. The van der Waals surface area contributed by atoms with E-state index in [4.69, 9.17) is 4.74 Å². The molecular formula is C16H21F3N2O2. The molecule has 1 heterocycles. The van der Waals surface area contributed by atoms with Gasteiger partial charge in [-0.15, -0.1) is 0 Å². The van der Waals surface area contributed by atoms with Gasteiger partial charge in [-0.25, -0.2) is 0 Å². The molecule has 0 radical (unpaired) electrons. The van der Waals surface area contributed by atoms with E-state index < -0.39 is 23.7 Å². The molecule has 2 rings (SSSR count). The molecule has 1 aromatic rings. The Bertz CT molecular complexity index is 555. The Hall–Kier alpha value is -1.76. The topological polar surface area (TPSA) is 41.6 Å². The summed E-state index contributed by atoms with van der Waals surface area (Å²) in [5.41, 5.74) is 1.49. The number of carbonyl (C=O) groups is 1. The van der Waals surface area contributed by atoms with Gasteiger partial charge in [0.15, 0.2) is 6.04 Å². The SMILES string of the molecule is CCCOc1ccc([C@H](N2NC(=O)CC2(C)C)C(F)(F)F)cc1. The summed E-state index contributed by atoms with van der Waals surface area (Å²) < 4.78 is 46.2. The normalized spacial score (nSPS) is 19.5. The van der Waals surface area contributed by atoms with Crippen molar-refractivity contribution in [2.24, 2.45) is 0 Å². The third kappa shape index (κ3) is 3.96. The van der Waals surface area contributed by atoms with Crippen LogP contribution in [0.25, 0.3) is 0 Å². The van der Waals surface area contributed by atoms with Gasteiger partial charge in [0, 0.05) is 12.0 Å². The fourth-order valence-corrected chi connectivity index (χ4v) is 2.67. The molecule has 0 spiro atoms. The highest BCUT2D eigenvalue weighted by atomic mass is 19.4. The highest BCUT2D eigenvalue weighted by Crippen LogP contribution is 2.42.